The molecule has 0 saturated carbocycles. The summed E-state index contributed by atoms with van der Waals surface area (Å²) < 4.78 is 0. The number of aliphatic hydroxyl groups is 2. The Morgan fingerprint density at radius 3 is 2.43 bits per heavy atom. The van der Waals surface area contributed by atoms with Gasteiger partial charge in [0.1, 0.15) is 0 Å². The Morgan fingerprint density at radius 2 is 1.95 bits per heavy atom. The summed E-state index contributed by atoms with van der Waals surface area (Å²) in [5.41, 5.74) is 2.86. The molecule has 0 aromatic heterocycles. The van der Waals surface area contributed by atoms with Crippen LogP contribution in [-0.2, 0) is 4.79 Å². The van der Waals surface area contributed by atoms with Gasteiger partial charge in [0.25, 0.3) is 0 Å². The summed E-state index contributed by atoms with van der Waals surface area (Å²) in [6.45, 7) is 5.74. The maximum atomic E-state index is 11.0. The van der Waals surface area contributed by atoms with Crippen LogP contribution in [0.3, 0.4) is 0 Å². The third-order valence-electron chi connectivity index (χ3n) is 3.81. The highest BCUT2D eigenvalue weighted by Gasteiger charge is 2.25. The fraction of sp³-hybridized carbons (Fsp3) is 0.562. The van der Waals surface area contributed by atoms with Gasteiger partial charge in [-0.3, -0.25) is 4.79 Å². The Morgan fingerprint density at radius 1 is 1.29 bits per heavy atom. The smallest absolute Gasteiger partial charge is 0.305 e. The van der Waals surface area contributed by atoms with Crippen molar-refractivity contribution in [3.63, 3.8) is 0 Å². The number of carboxylic acids is 1. The first-order valence-electron chi connectivity index (χ1n) is 7.22. The van der Waals surface area contributed by atoms with Crippen LogP contribution < -0.4 is 5.32 Å². The number of hydrogen-bond acceptors (Lipinski definition) is 4. The van der Waals surface area contributed by atoms with Gasteiger partial charge in [-0.25, -0.2) is 0 Å². The van der Waals surface area contributed by atoms with E-state index in [9.17, 15) is 15.0 Å². The van der Waals surface area contributed by atoms with Crippen molar-refractivity contribution < 1.29 is 20.1 Å². The van der Waals surface area contributed by atoms with E-state index >= 15 is 0 Å². The molecule has 0 bridgehead atoms. The molecule has 21 heavy (non-hydrogen) atoms. The lowest BCUT2D eigenvalue weighted by molar-refractivity contribution is -0.138. The Labute approximate surface area is 125 Å². The van der Waals surface area contributed by atoms with Gasteiger partial charge in [-0.05, 0) is 37.0 Å². The van der Waals surface area contributed by atoms with E-state index in [1.54, 1.807) is 0 Å². The summed E-state index contributed by atoms with van der Waals surface area (Å²) in [6, 6.07) is 4.73. The van der Waals surface area contributed by atoms with Gasteiger partial charge in [0, 0.05) is 12.1 Å². The fourth-order valence-corrected chi connectivity index (χ4v) is 2.23. The van der Waals surface area contributed by atoms with Crippen molar-refractivity contribution in [1.82, 2.24) is 5.32 Å². The number of hydrogen-bond donors (Lipinski definition) is 4. The SMILES string of the molecule is CCC(CO)NC(CC(=O)O)C(O)c1ccc(C)c(C)c1. The van der Waals surface area contributed by atoms with E-state index in [1.165, 1.54) is 0 Å². The number of rotatable bonds is 8. The average Bonchev–Trinajstić information content (AvgIpc) is 2.45. The highest BCUT2D eigenvalue weighted by Crippen LogP contribution is 2.22. The van der Waals surface area contributed by atoms with Gasteiger partial charge in [0.05, 0.1) is 19.1 Å². The fourth-order valence-electron chi connectivity index (χ4n) is 2.23. The number of aliphatic hydroxyl groups excluding tert-OH is 2. The molecule has 1 rings (SSSR count). The zero-order chi connectivity index (χ0) is 16.0. The molecular weight excluding hydrogens is 270 g/mol. The molecule has 0 aliphatic rings. The van der Waals surface area contributed by atoms with Crippen LogP contribution in [0.15, 0.2) is 18.2 Å². The van der Waals surface area contributed by atoms with Crippen molar-refractivity contribution in [2.75, 3.05) is 6.61 Å². The van der Waals surface area contributed by atoms with Crippen molar-refractivity contribution in [1.29, 1.82) is 0 Å². The largest absolute Gasteiger partial charge is 0.481 e. The molecule has 4 N–H and O–H groups in total. The van der Waals surface area contributed by atoms with Crippen molar-refractivity contribution in [2.24, 2.45) is 0 Å². The lowest BCUT2D eigenvalue weighted by Gasteiger charge is -2.27. The maximum Gasteiger partial charge on any atom is 0.305 e. The standard InChI is InChI=1S/C16H25NO4/c1-4-13(9-18)17-14(8-15(19)20)16(21)12-6-5-10(2)11(3)7-12/h5-7,13-14,16-18,21H,4,8-9H2,1-3H3,(H,19,20). The first-order chi connectivity index (χ1) is 9.88. The molecule has 0 heterocycles. The van der Waals surface area contributed by atoms with E-state index in [2.05, 4.69) is 5.32 Å². The molecule has 118 valence electrons. The zero-order valence-corrected chi connectivity index (χ0v) is 12.8. The maximum absolute atomic E-state index is 11.0. The van der Waals surface area contributed by atoms with Crippen LogP contribution in [0.2, 0.25) is 0 Å². The van der Waals surface area contributed by atoms with Gasteiger partial charge in [-0.15, -0.1) is 0 Å². The minimum atomic E-state index is -0.983. The topological polar surface area (TPSA) is 89.8 Å². The predicted octanol–water partition coefficient (Wildman–Crippen LogP) is 1.54. The lowest BCUT2D eigenvalue weighted by atomic mass is 9.95. The van der Waals surface area contributed by atoms with Crippen molar-refractivity contribution >= 4 is 5.97 Å². The van der Waals surface area contributed by atoms with Crippen molar-refractivity contribution in [2.45, 2.75) is 51.8 Å². The molecule has 5 nitrogen and oxygen atoms in total. The molecule has 0 fully saturated rings. The monoisotopic (exact) mass is 295 g/mol. The van der Waals surface area contributed by atoms with Gasteiger partial charge in [-0.1, -0.05) is 25.1 Å². The number of aryl methyl sites for hydroxylation is 2. The summed E-state index contributed by atoms with van der Waals surface area (Å²) in [6.07, 6.45) is -0.474. The molecule has 3 unspecified atom stereocenters. The van der Waals surface area contributed by atoms with E-state index in [0.29, 0.717) is 12.0 Å². The Kier molecular flexibility index (Phi) is 6.81. The normalized spacial score (nSPS) is 15.5. The van der Waals surface area contributed by atoms with Crippen LogP contribution in [-0.4, -0.2) is 40.0 Å². The molecule has 3 atom stereocenters. The minimum Gasteiger partial charge on any atom is -0.481 e. The van der Waals surface area contributed by atoms with Crippen molar-refractivity contribution in [3.8, 4) is 0 Å². The Bertz CT molecular complexity index is 471. The molecule has 0 aliphatic carbocycles. The quantitative estimate of drug-likeness (QED) is 0.584. The number of carboxylic acid groups (broad SMARTS) is 1. The second-order valence-electron chi connectivity index (χ2n) is 5.45. The van der Waals surface area contributed by atoms with Crippen LogP contribution in [0, 0.1) is 13.8 Å². The molecule has 0 spiro atoms. The van der Waals surface area contributed by atoms with Crippen LogP contribution >= 0.6 is 0 Å². The van der Waals surface area contributed by atoms with E-state index in [0.717, 1.165) is 11.1 Å². The van der Waals surface area contributed by atoms with Gasteiger partial charge >= 0.3 is 5.97 Å². The van der Waals surface area contributed by atoms with E-state index in [-0.39, 0.29) is 19.1 Å². The molecule has 0 aliphatic heterocycles. The van der Waals surface area contributed by atoms with Gasteiger partial charge in [0.2, 0.25) is 0 Å². The van der Waals surface area contributed by atoms with Gasteiger partial charge in [-0.2, -0.15) is 0 Å². The van der Waals surface area contributed by atoms with E-state index in [4.69, 9.17) is 5.11 Å². The molecule has 5 heteroatoms. The summed E-state index contributed by atoms with van der Waals surface area (Å²) in [7, 11) is 0. The first-order valence-corrected chi connectivity index (χ1v) is 7.22. The third kappa shape index (κ3) is 5.12. The van der Waals surface area contributed by atoms with Crippen LogP contribution in [0.4, 0.5) is 0 Å². The van der Waals surface area contributed by atoms with Crippen LogP contribution in [0.25, 0.3) is 0 Å². The molecule has 1 aromatic rings. The number of aliphatic carboxylic acids is 1. The Hall–Kier alpha value is -1.43. The first kappa shape index (κ1) is 17.6. The van der Waals surface area contributed by atoms with Crippen LogP contribution in [0.5, 0.6) is 0 Å². The highest BCUT2D eigenvalue weighted by molar-refractivity contribution is 5.67. The van der Waals surface area contributed by atoms with E-state index < -0.39 is 18.1 Å². The van der Waals surface area contributed by atoms with Gasteiger partial charge in [0.15, 0.2) is 0 Å². The average molecular weight is 295 g/mol. The molecule has 0 amide bonds. The lowest BCUT2D eigenvalue weighted by Crippen LogP contribution is -2.44. The van der Waals surface area contributed by atoms with Crippen LogP contribution in [0.1, 0.15) is 42.6 Å². The second-order valence-corrected chi connectivity index (χ2v) is 5.45. The predicted molar refractivity (Wildman–Crippen MR) is 81.2 cm³/mol. The minimum absolute atomic E-state index is 0.0910. The molecule has 1 aromatic carbocycles. The third-order valence-corrected chi connectivity index (χ3v) is 3.81. The molecular formula is C16H25NO4. The summed E-state index contributed by atoms with van der Waals surface area (Å²) in [4.78, 5) is 11.0. The number of carbonyl (C=O) groups is 1. The highest BCUT2D eigenvalue weighted by atomic mass is 16.4. The summed E-state index contributed by atoms with van der Waals surface area (Å²) in [5.74, 6) is -0.983. The van der Waals surface area contributed by atoms with E-state index in [1.807, 2.05) is 39.0 Å². The number of nitrogens with one attached hydrogen (secondary N) is 1. The van der Waals surface area contributed by atoms with Gasteiger partial charge < -0.3 is 20.6 Å². The summed E-state index contributed by atoms with van der Waals surface area (Å²) >= 11 is 0. The Balaban J connectivity index is 2.94. The van der Waals surface area contributed by atoms with Crippen molar-refractivity contribution in [3.05, 3.63) is 34.9 Å². The molecule has 0 saturated heterocycles. The number of benzene rings is 1. The summed E-state index contributed by atoms with van der Waals surface area (Å²) in [5, 5.41) is 31.8. The second kappa shape index (κ2) is 8.12. The molecule has 0 radical (unpaired) electrons. The zero-order valence-electron chi connectivity index (χ0n) is 12.8.